The van der Waals surface area contributed by atoms with Crippen molar-refractivity contribution in [2.45, 2.75) is 26.3 Å². The molecule has 9 heteroatoms. The number of hydrogen-bond donors (Lipinski definition) is 2. The van der Waals surface area contributed by atoms with E-state index in [4.69, 9.17) is 5.11 Å². The van der Waals surface area contributed by atoms with Crippen LogP contribution in [0.3, 0.4) is 0 Å². The van der Waals surface area contributed by atoms with Gasteiger partial charge in [-0.1, -0.05) is 0 Å². The number of carboxylic acid groups (broad SMARTS) is 1. The number of anilines is 1. The first-order chi connectivity index (χ1) is 12.0. The second kappa shape index (κ2) is 7.56. The van der Waals surface area contributed by atoms with Crippen molar-refractivity contribution >= 4 is 29.0 Å². The van der Waals surface area contributed by atoms with E-state index in [-0.39, 0.29) is 23.2 Å². The largest absolute Gasteiger partial charge is 0.477 e. The van der Waals surface area contributed by atoms with Gasteiger partial charge in [-0.05, 0) is 19.8 Å². The van der Waals surface area contributed by atoms with Crippen LogP contribution in [0.5, 0.6) is 0 Å². The van der Waals surface area contributed by atoms with E-state index in [9.17, 15) is 9.59 Å². The van der Waals surface area contributed by atoms with Crippen molar-refractivity contribution in [3.8, 4) is 0 Å². The molecule has 0 aliphatic carbocycles. The molecule has 1 saturated heterocycles. The average molecular weight is 361 g/mol. The Morgan fingerprint density at radius 2 is 2.12 bits per heavy atom. The highest BCUT2D eigenvalue weighted by molar-refractivity contribution is 7.13. The molecule has 2 aromatic rings. The van der Waals surface area contributed by atoms with Gasteiger partial charge in [0, 0.05) is 31.4 Å². The van der Waals surface area contributed by atoms with Crippen LogP contribution < -0.4 is 10.2 Å². The molecule has 1 fully saturated rings. The smallest absolute Gasteiger partial charge is 0.347 e. The van der Waals surface area contributed by atoms with Gasteiger partial charge < -0.3 is 15.3 Å². The lowest BCUT2D eigenvalue weighted by Crippen LogP contribution is -2.40. The highest BCUT2D eigenvalue weighted by Crippen LogP contribution is 2.22. The summed E-state index contributed by atoms with van der Waals surface area (Å²) in [5, 5.41) is 12.5. The molecule has 0 radical (unpaired) electrons. The Labute approximate surface area is 148 Å². The SMILES string of the molecule is Cc1nc(CNC(=O)C2CCN(c3cnccn3)CC2)sc1C(=O)O. The molecule has 0 unspecified atom stereocenters. The standard InChI is InChI=1S/C16H19N5O3S/c1-10-14(16(23)24)25-13(20-10)9-19-15(22)11-2-6-21(7-3-11)12-8-17-4-5-18-12/h4-5,8,11H,2-3,6-7,9H2,1H3,(H,19,22)(H,23,24). The van der Waals surface area contributed by atoms with Crippen LogP contribution in [0.1, 0.15) is 33.2 Å². The topological polar surface area (TPSA) is 108 Å². The monoisotopic (exact) mass is 361 g/mol. The second-order valence-electron chi connectivity index (χ2n) is 5.87. The lowest BCUT2D eigenvalue weighted by molar-refractivity contribution is -0.125. The highest BCUT2D eigenvalue weighted by atomic mass is 32.1. The minimum atomic E-state index is -0.982. The molecule has 2 aromatic heterocycles. The van der Waals surface area contributed by atoms with Crippen LogP contribution in [0.4, 0.5) is 5.82 Å². The molecule has 2 N–H and O–H groups in total. The first kappa shape index (κ1) is 17.3. The van der Waals surface area contributed by atoms with Crippen LogP contribution in [0.15, 0.2) is 18.6 Å². The molecule has 0 bridgehead atoms. The maximum Gasteiger partial charge on any atom is 0.347 e. The van der Waals surface area contributed by atoms with Gasteiger partial charge in [0.05, 0.1) is 18.4 Å². The lowest BCUT2D eigenvalue weighted by Gasteiger charge is -2.31. The zero-order valence-corrected chi connectivity index (χ0v) is 14.6. The average Bonchev–Trinajstić information content (AvgIpc) is 3.01. The number of amides is 1. The zero-order valence-electron chi connectivity index (χ0n) is 13.8. The van der Waals surface area contributed by atoms with Crippen molar-refractivity contribution in [2.24, 2.45) is 5.92 Å². The summed E-state index contributed by atoms with van der Waals surface area (Å²) in [5.74, 6) is -0.207. The fraction of sp³-hybridized carbons (Fsp3) is 0.438. The number of thiazole rings is 1. The molecule has 132 valence electrons. The Kier molecular flexibility index (Phi) is 5.22. The first-order valence-corrected chi connectivity index (χ1v) is 8.84. The molecule has 1 aliphatic rings. The molecule has 8 nitrogen and oxygen atoms in total. The van der Waals surface area contributed by atoms with E-state index < -0.39 is 5.97 Å². The molecule has 3 heterocycles. The molecule has 0 aromatic carbocycles. The normalized spacial score (nSPS) is 15.2. The number of carbonyl (C=O) groups is 2. The third-order valence-electron chi connectivity index (χ3n) is 4.19. The van der Waals surface area contributed by atoms with Gasteiger partial charge in [0.15, 0.2) is 0 Å². The Balaban J connectivity index is 1.50. The first-order valence-electron chi connectivity index (χ1n) is 8.03. The number of aromatic carboxylic acids is 1. The van der Waals surface area contributed by atoms with Crippen LogP contribution >= 0.6 is 11.3 Å². The third kappa shape index (κ3) is 4.11. The molecule has 0 spiro atoms. The number of carboxylic acids is 1. The molecule has 0 atom stereocenters. The van der Waals surface area contributed by atoms with Crippen molar-refractivity contribution in [1.29, 1.82) is 0 Å². The fourth-order valence-electron chi connectivity index (χ4n) is 2.86. The lowest BCUT2D eigenvalue weighted by atomic mass is 9.96. The van der Waals surface area contributed by atoms with E-state index in [0.717, 1.165) is 43.1 Å². The summed E-state index contributed by atoms with van der Waals surface area (Å²) in [6, 6.07) is 0. The van der Waals surface area contributed by atoms with Crippen molar-refractivity contribution in [2.75, 3.05) is 18.0 Å². The highest BCUT2D eigenvalue weighted by Gasteiger charge is 2.25. The number of rotatable bonds is 5. The number of nitrogens with zero attached hydrogens (tertiary/aromatic N) is 4. The van der Waals surface area contributed by atoms with Crippen molar-refractivity contribution < 1.29 is 14.7 Å². The summed E-state index contributed by atoms with van der Waals surface area (Å²) in [7, 11) is 0. The van der Waals surface area contributed by atoms with Crippen molar-refractivity contribution in [3.05, 3.63) is 34.2 Å². The van der Waals surface area contributed by atoms with Crippen LogP contribution in [0.25, 0.3) is 0 Å². The maximum atomic E-state index is 12.3. The number of aryl methyl sites for hydroxylation is 1. The van der Waals surface area contributed by atoms with E-state index in [1.807, 2.05) is 0 Å². The Morgan fingerprint density at radius 1 is 1.36 bits per heavy atom. The second-order valence-corrected chi connectivity index (χ2v) is 6.95. The van der Waals surface area contributed by atoms with Crippen LogP contribution in [0, 0.1) is 12.8 Å². The predicted molar refractivity (Wildman–Crippen MR) is 92.6 cm³/mol. The number of aromatic nitrogens is 3. The zero-order chi connectivity index (χ0) is 17.8. The third-order valence-corrected chi connectivity index (χ3v) is 5.33. The molecule has 3 rings (SSSR count). The molecule has 0 saturated carbocycles. The summed E-state index contributed by atoms with van der Waals surface area (Å²) in [6.07, 6.45) is 6.53. The van der Waals surface area contributed by atoms with E-state index in [2.05, 4.69) is 25.2 Å². The van der Waals surface area contributed by atoms with Gasteiger partial charge in [0.2, 0.25) is 5.91 Å². The van der Waals surface area contributed by atoms with E-state index in [1.54, 1.807) is 25.5 Å². The Hall–Kier alpha value is -2.55. The molecular formula is C16H19N5O3S. The minimum absolute atomic E-state index is 0.0106. The quantitative estimate of drug-likeness (QED) is 0.830. The van der Waals surface area contributed by atoms with Gasteiger partial charge in [-0.2, -0.15) is 0 Å². The number of nitrogens with one attached hydrogen (secondary N) is 1. The van der Waals surface area contributed by atoms with E-state index in [0.29, 0.717) is 10.7 Å². The van der Waals surface area contributed by atoms with Gasteiger partial charge in [0.1, 0.15) is 15.7 Å². The van der Waals surface area contributed by atoms with Gasteiger partial charge in [-0.3, -0.25) is 9.78 Å². The van der Waals surface area contributed by atoms with Crippen molar-refractivity contribution in [3.63, 3.8) is 0 Å². The summed E-state index contributed by atoms with van der Waals surface area (Å²) in [4.78, 5) is 38.3. The van der Waals surface area contributed by atoms with Gasteiger partial charge >= 0.3 is 5.97 Å². The van der Waals surface area contributed by atoms with Crippen LogP contribution in [-0.2, 0) is 11.3 Å². The Morgan fingerprint density at radius 3 is 2.72 bits per heavy atom. The van der Waals surface area contributed by atoms with E-state index >= 15 is 0 Å². The molecule has 1 aliphatic heterocycles. The maximum absolute atomic E-state index is 12.3. The van der Waals surface area contributed by atoms with E-state index in [1.165, 1.54) is 0 Å². The van der Waals surface area contributed by atoms with Gasteiger partial charge in [0.25, 0.3) is 0 Å². The summed E-state index contributed by atoms with van der Waals surface area (Å²) < 4.78 is 0. The van der Waals surface area contributed by atoms with Crippen LogP contribution in [0.2, 0.25) is 0 Å². The predicted octanol–water partition coefficient (Wildman–Crippen LogP) is 1.47. The van der Waals surface area contributed by atoms with Crippen molar-refractivity contribution in [1.82, 2.24) is 20.3 Å². The Bertz CT molecular complexity index is 756. The molecular weight excluding hydrogens is 342 g/mol. The summed E-state index contributed by atoms with van der Waals surface area (Å²) in [5.41, 5.74) is 0.485. The summed E-state index contributed by atoms with van der Waals surface area (Å²) >= 11 is 1.11. The number of hydrogen-bond acceptors (Lipinski definition) is 7. The minimum Gasteiger partial charge on any atom is -0.477 e. The fourth-order valence-corrected chi connectivity index (χ4v) is 3.70. The van der Waals surface area contributed by atoms with Gasteiger partial charge in [-0.25, -0.2) is 14.8 Å². The van der Waals surface area contributed by atoms with Gasteiger partial charge in [-0.15, -0.1) is 11.3 Å². The van der Waals surface area contributed by atoms with Crippen LogP contribution in [-0.4, -0.2) is 45.0 Å². The molecule has 25 heavy (non-hydrogen) atoms. The summed E-state index contributed by atoms with van der Waals surface area (Å²) in [6.45, 7) is 3.45. The number of carbonyl (C=O) groups excluding carboxylic acids is 1. The molecule has 1 amide bonds. The number of piperidine rings is 1.